The predicted octanol–water partition coefficient (Wildman–Crippen LogP) is 5.36. The zero-order valence-corrected chi connectivity index (χ0v) is 14.8. The zero-order chi connectivity index (χ0) is 17.8. The lowest BCUT2D eigenvalue weighted by Gasteiger charge is -2.04. The molecule has 3 aromatic rings. The van der Waals surface area contributed by atoms with Gasteiger partial charge in [-0.1, -0.05) is 24.6 Å². The second-order valence-electron chi connectivity index (χ2n) is 6.23. The van der Waals surface area contributed by atoms with Gasteiger partial charge in [-0.15, -0.1) is 0 Å². The van der Waals surface area contributed by atoms with E-state index in [4.69, 9.17) is 4.42 Å². The van der Waals surface area contributed by atoms with Gasteiger partial charge in [0.1, 0.15) is 12.0 Å². The molecule has 0 atom stereocenters. The van der Waals surface area contributed by atoms with Crippen LogP contribution in [0.25, 0.3) is 22.7 Å². The third-order valence-corrected chi connectivity index (χ3v) is 4.07. The van der Waals surface area contributed by atoms with Crippen LogP contribution in [-0.4, -0.2) is 10.9 Å². The summed E-state index contributed by atoms with van der Waals surface area (Å²) in [6.07, 6.45) is 3.05. The Morgan fingerprint density at radius 3 is 2.60 bits per heavy atom. The lowest BCUT2D eigenvalue weighted by Crippen LogP contribution is -2.10. The van der Waals surface area contributed by atoms with E-state index >= 15 is 0 Å². The molecule has 1 amide bonds. The molecule has 3 rings (SSSR count). The molecular weight excluding hydrogens is 312 g/mol. The van der Waals surface area contributed by atoms with Crippen LogP contribution in [0, 0.1) is 13.8 Å². The normalized spacial score (nSPS) is 10.7. The van der Waals surface area contributed by atoms with Gasteiger partial charge in [0.05, 0.1) is 0 Å². The number of amides is 1. The van der Waals surface area contributed by atoms with E-state index in [1.165, 1.54) is 11.1 Å². The molecule has 0 saturated heterocycles. The lowest BCUT2D eigenvalue weighted by molar-refractivity contribution is -0.116. The average Bonchev–Trinajstić information content (AvgIpc) is 3.08. The monoisotopic (exact) mass is 334 g/mol. The van der Waals surface area contributed by atoms with Gasteiger partial charge in [-0.3, -0.25) is 4.79 Å². The number of carbonyl (C=O) groups is 1. The number of benzene rings is 2. The Morgan fingerprint density at radius 2 is 1.88 bits per heavy atom. The molecule has 0 unspecified atom stereocenters. The fourth-order valence-electron chi connectivity index (χ4n) is 2.69. The van der Waals surface area contributed by atoms with Gasteiger partial charge >= 0.3 is 0 Å². The average molecular weight is 334 g/mol. The zero-order valence-electron chi connectivity index (χ0n) is 14.8. The van der Waals surface area contributed by atoms with Gasteiger partial charge in [-0.05, 0) is 56.2 Å². The van der Waals surface area contributed by atoms with Gasteiger partial charge in [0.2, 0.25) is 11.8 Å². The molecule has 4 heteroatoms. The quantitative estimate of drug-likeness (QED) is 0.683. The first kappa shape index (κ1) is 17.0. The first-order valence-corrected chi connectivity index (χ1v) is 8.50. The number of rotatable bonds is 5. The van der Waals surface area contributed by atoms with Gasteiger partial charge in [-0.25, -0.2) is 4.98 Å². The molecule has 0 fully saturated rings. The molecule has 0 aliphatic heterocycles. The molecule has 128 valence electrons. The van der Waals surface area contributed by atoms with E-state index in [9.17, 15) is 4.79 Å². The van der Waals surface area contributed by atoms with E-state index in [0.717, 1.165) is 28.9 Å². The van der Waals surface area contributed by atoms with E-state index < -0.39 is 0 Å². The Morgan fingerprint density at radius 1 is 1.12 bits per heavy atom. The van der Waals surface area contributed by atoms with Crippen LogP contribution in [0.5, 0.6) is 0 Å². The van der Waals surface area contributed by atoms with Crippen molar-refractivity contribution in [1.29, 1.82) is 0 Å². The molecular formula is C21H22N2O2. The van der Waals surface area contributed by atoms with Crippen molar-refractivity contribution in [2.75, 3.05) is 5.32 Å². The maximum Gasteiger partial charge on any atom is 0.226 e. The summed E-state index contributed by atoms with van der Waals surface area (Å²) in [5.41, 5.74) is 5.93. The van der Waals surface area contributed by atoms with Crippen LogP contribution in [0.2, 0.25) is 0 Å². The molecule has 0 spiro atoms. The van der Waals surface area contributed by atoms with Crippen LogP contribution in [0.3, 0.4) is 0 Å². The third kappa shape index (κ3) is 3.97. The fourth-order valence-corrected chi connectivity index (χ4v) is 2.69. The van der Waals surface area contributed by atoms with Crippen LogP contribution in [0.1, 0.15) is 30.9 Å². The Kier molecular flexibility index (Phi) is 4.98. The molecule has 0 aliphatic carbocycles. The van der Waals surface area contributed by atoms with Crippen molar-refractivity contribution in [3.8, 4) is 22.7 Å². The fraction of sp³-hybridized carbons (Fsp3) is 0.238. The molecule has 0 saturated carbocycles. The topological polar surface area (TPSA) is 55.1 Å². The Balaban J connectivity index is 1.80. The third-order valence-electron chi connectivity index (χ3n) is 4.07. The first-order chi connectivity index (χ1) is 12.1. The number of nitrogens with zero attached hydrogens (tertiary/aromatic N) is 1. The number of hydrogen-bond donors (Lipinski definition) is 1. The molecule has 1 aromatic heterocycles. The van der Waals surface area contributed by atoms with Gasteiger partial charge in [0.25, 0.3) is 0 Å². The molecule has 1 heterocycles. The number of nitrogens with one attached hydrogen (secondary N) is 1. The second kappa shape index (κ2) is 7.34. The summed E-state index contributed by atoms with van der Waals surface area (Å²) in [7, 11) is 0. The van der Waals surface area contributed by atoms with Crippen LogP contribution < -0.4 is 5.32 Å². The largest absolute Gasteiger partial charge is 0.444 e. The van der Waals surface area contributed by atoms with Crippen molar-refractivity contribution >= 4 is 11.6 Å². The minimum Gasteiger partial charge on any atom is -0.444 e. The number of aryl methyl sites for hydroxylation is 2. The summed E-state index contributed by atoms with van der Waals surface area (Å²) in [5, 5.41) is 2.88. The number of anilines is 1. The minimum absolute atomic E-state index is 0.0311. The van der Waals surface area contributed by atoms with Crippen molar-refractivity contribution in [3.63, 3.8) is 0 Å². The van der Waals surface area contributed by atoms with Crippen molar-refractivity contribution < 1.29 is 9.21 Å². The molecule has 0 bridgehead atoms. The number of hydrogen-bond acceptors (Lipinski definition) is 3. The second-order valence-corrected chi connectivity index (χ2v) is 6.23. The van der Waals surface area contributed by atoms with Crippen molar-refractivity contribution in [2.24, 2.45) is 0 Å². The first-order valence-electron chi connectivity index (χ1n) is 8.50. The van der Waals surface area contributed by atoms with Crippen LogP contribution in [0.4, 0.5) is 5.69 Å². The molecule has 0 aliphatic rings. The summed E-state index contributed by atoms with van der Waals surface area (Å²) in [5.74, 6) is 0.603. The highest BCUT2D eigenvalue weighted by molar-refractivity contribution is 5.90. The van der Waals surface area contributed by atoms with E-state index in [0.29, 0.717) is 12.3 Å². The number of oxazole rings is 1. The van der Waals surface area contributed by atoms with Crippen molar-refractivity contribution in [2.45, 2.75) is 33.6 Å². The van der Waals surface area contributed by atoms with Crippen LogP contribution in [-0.2, 0) is 4.79 Å². The van der Waals surface area contributed by atoms with E-state index in [1.54, 1.807) is 6.26 Å². The van der Waals surface area contributed by atoms with E-state index in [-0.39, 0.29) is 5.91 Å². The highest BCUT2D eigenvalue weighted by atomic mass is 16.3. The molecule has 4 nitrogen and oxygen atoms in total. The van der Waals surface area contributed by atoms with Gasteiger partial charge in [0.15, 0.2) is 0 Å². The van der Waals surface area contributed by atoms with Crippen molar-refractivity contribution in [1.82, 2.24) is 4.98 Å². The van der Waals surface area contributed by atoms with E-state index in [2.05, 4.69) is 42.3 Å². The summed E-state index contributed by atoms with van der Waals surface area (Å²) in [6.45, 7) is 6.12. The summed E-state index contributed by atoms with van der Waals surface area (Å²) < 4.78 is 5.66. The van der Waals surface area contributed by atoms with E-state index in [1.807, 2.05) is 31.2 Å². The SMILES string of the molecule is CCCC(=O)Nc1ccc(-c2nc(-c3cc(C)ccc3C)co2)cc1. The number of carbonyl (C=O) groups excluding carboxylic acids is 1. The number of aromatic nitrogens is 1. The lowest BCUT2D eigenvalue weighted by atomic mass is 10.0. The Hall–Kier alpha value is -2.88. The molecule has 0 radical (unpaired) electrons. The van der Waals surface area contributed by atoms with Crippen LogP contribution >= 0.6 is 0 Å². The smallest absolute Gasteiger partial charge is 0.226 e. The minimum atomic E-state index is 0.0311. The molecule has 25 heavy (non-hydrogen) atoms. The van der Waals surface area contributed by atoms with Crippen LogP contribution in [0.15, 0.2) is 53.1 Å². The summed E-state index contributed by atoms with van der Waals surface area (Å²) >= 11 is 0. The van der Waals surface area contributed by atoms with Gasteiger partial charge < -0.3 is 9.73 Å². The van der Waals surface area contributed by atoms with Gasteiger partial charge in [-0.2, -0.15) is 0 Å². The standard InChI is InChI=1S/C21H22N2O2/c1-4-5-20(24)22-17-10-8-16(9-11-17)21-23-19(13-25-21)18-12-14(2)6-7-15(18)3/h6-13H,4-5H2,1-3H3,(H,22,24). The predicted molar refractivity (Wildman–Crippen MR) is 100 cm³/mol. The highest BCUT2D eigenvalue weighted by Crippen LogP contribution is 2.28. The molecule has 1 N–H and O–H groups in total. The maximum atomic E-state index is 11.6. The van der Waals surface area contributed by atoms with Gasteiger partial charge in [0, 0.05) is 23.2 Å². The highest BCUT2D eigenvalue weighted by Gasteiger charge is 2.11. The van der Waals surface area contributed by atoms with Crippen molar-refractivity contribution in [3.05, 3.63) is 59.9 Å². The molecule has 2 aromatic carbocycles. The maximum absolute atomic E-state index is 11.6. The Bertz CT molecular complexity index is 879. The summed E-state index contributed by atoms with van der Waals surface area (Å²) in [6, 6.07) is 13.8. The summed E-state index contributed by atoms with van der Waals surface area (Å²) in [4.78, 5) is 16.3. The Labute approximate surface area is 147 Å².